The number of pyridine rings is 1. The molecule has 13 nitrogen and oxygen atoms in total. The van der Waals surface area contributed by atoms with Crippen molar-refractivity contribution >= 4 is 40.8 Å². The molecule has 2 aliphatic heterocycles. The van der Waals surface area contributed by atoms with Crippen molar-refractivity contribution in [2.75, 3.05) is 59.7 Å². The fraction of sp³-hybridized carbons (Fsp3) is 0.407. The van der Waals surface area contributed by atoms with Gasteiger partial charge >= 0.3 is 12.2 Å². The van der Waals surface area contributed by atoms with Gasteiger partial charge in [0.05, 0.1) is 16.8 Å². The Morgan fingerprint density at radius 2 is 1.79 bits per heavy atom. The summed E-state index contributed by atoms with van der Waals surface area (Å²) in [7, 11) is 0. The topological polar surface area (TPSA) is 150 Å². The zero-order chi connectivity index (χ0) is 30.7. The predicted molar refractivity (Wildman–Crippen MR) is 150 cm³/mol. The van der Waals surface area contributed by atoms with E-state index in [1.165, 1.54) is 35.4 Å². The number of urea groups is 1. The number of piperidine rings is 1. The van der Waals surface area contributed by atoms with E-state index in [4.69, 9.17) is 4.42 Å². The molecule has 1 unspecified atom stereocenters. The number of para-hydroxylation sites is 2. The van der Waals surface area contributed by atoms with Gasteiger partial charge in [0.25, 0.3) is 17.6 Å². The first-order valence-electron chi connectivity index (χ1n) is 13.6. The SMILES string of the molecule is CC1CCCN(c2nc(C(F)(F)F)c(C(=O)Nc3ccc(N4CCN(C(=O)Nc5ccccc5[N+](=O)[O-])CC4)nc3)o2)C1. The van der Waals surface area contributed by atoms with Crippen LogP contribution in [0.2, 0.25) is 0 Å². The first-order valence-corrected chi connectivity index (χ1v) is 13.6. The lowest BCUT2D eigenvalue weighted by Gasteiger charge is -2.35. The van der Waals surface area contributed by atoms with Crippen molar-refractivity contribution in [3.8, 4) is 0 Å². The van der Waals surface area contributed by atoms with Crippen LogP contribution in [0, 0.1) is 16.0 Å². The molecule has 0 saturated carbocycles. The summed E-state index contributed by atoms with van der Waals surface area (Å²) in [5.41, 5.74) is -1.33. The highest BCUT2D eigenvalue weighted by Crippen LogP contribution is 2.35. The van der Waals surface area contributed by atoms with Crippen LogP contribution in [0.1, 0.15) is 36.0 Å². The lowest BCUT2D eigenvalue weighted by Crippen LogP contribution is -2.50. The monoisotopic (exact) mass is 602 g/mol. The van der Waals surface area contributed by atoms with E-state index < -0.39 is 34.5 Å². The lowest BCUT2D eigenvalue weighted by atomic mass is 10.0. The van der Waals surface area contributed by atoms with Crippen molar-refractivity contribution in [1.29, 1.82) is 0 Å². The number of aromatic nitrogens is 2. The van der Waals surface area contributed by atoms with Crippen LogP contribution in [0.4, 0.5) is 46.9 Å². The second-order valence-corrected chi connectivity index (χ2v) is 10.4. The summed E-state index contributed by atoms with van der Waals surface area (Å²) in [6, 6.07) is 8.27. The molecule has 0 bridgehead atoms. The van der Waals surface area contributed by atoms with Crippen molar-refractivity contribution in [1.82, 2.24) is 14.9 Å². The highest BCUT2D eigenvalue weighted by Gasteiger charge is 2.42. The maximum Gasteiger partial charge on any atom is 0.437 e. The summed E-state index contributed by atoms with van der Waals surface area (Å²) in [5, 5.41) is 16.2. The highest BCUT2D eigenvalue weighted by atomic mass is 19.4. The quantitative estimate of drug-likeness (QED) is 0.298. The van der Waals surface area contributed by atoms with Gasteiger partial charge in [-0.3, -0.25) is 14.9 Å². The summed E-state index contributed by atoms with van der Waals surface area (Å²) < 4.78 is 46.5. The molecule has 0 spiro atoms. The van der Waals surface area contributed by atoms with E-state index in [0.29, 0.717) is 45.1 Å². The molecule has 2 aliphatic rings. The molecule has 2 saturated heterocycles. The molecule has 0 radical (unpaired) electrons. The summed E-state index contributed by atoms with van der Waals surface area (Å²) in [5.74, 6) is -1.21. The fourth-order valence-electron chi connectivity index (χ4n) is 5.06. The smallest absolute Gasteiger partial charge is 0.417 e. The van der Waals surface area contributed by atoms with Gasteiger partial charge in [0.2, 0.25) is 5.76 Å². The van der Waals surface area contributed by atoms with Crippen LogP contribution in [0.3, 0.4) is 0 Å². The number of alkyl halides is 3. The molecule has 16 heteroatoms. The number of hydrogen-bond donors (Lipinski definition) is 2. The third-order valence-electron chi connectivity index (χ3n) is 7.26. The number of nitro benzene ring substituents is 1. The molecule has 2 N–H and O–H groups in total. The van der Waals surface area contributed by atoms with E-state index in [0.717, 1.165) is 12.8 Å². The molecule has 2 fully saturated rings. The number of piperazine rings is 1. The summed E-state index contributed by atoms with van der Waals surface area (Å²) in [4.78, 5) is 49.1. The summed E-state index contributed by atoms with van der Waals surface area (Å²) >= 11 is 0. The minimum absolute atomic E-state index is 0.101. The van der Waals surface area contributed by atoms with E-state index in [-0.39, 0.29) is 29.0 Å². The number of benzene rings is 1. The van der Waals surface area contributed by atoms with Gasteiger partial charge in [0.15, 0.2) is 5.69 Å². The molecule has 5 rings (SSSR count). The molecule has 4 heterocycles. The molecular weight excluding hydrogens is 573 g/mol. The van der Waals surface area contributed by atoms with Crippen molar-refractivity contribution in [2.24, 2.45) is 5.92 Å². The first kappa shape index (κ1) is 29.6. The fourth-order valence-corrected chi connectivity index (χ4v) is 5.06. The third kappa shape index (κ3) is 6.79. The van der Waals surface area contributed by atoms with Crippen LogP contribution in [0.5, 0.6) is 0 Å². The second-order valence-electron chi connectivity index (χ2n) is 10.4. The Morgan fingerprint density at radius 1 is 1.05 bits per heavy atom. The number of nitro groups is 1. The van der Waals surface area contributed by atoms with Gasteiger partial charge in [0, 0.05) is 45.3 Å². The summed E-state index contributed by atoms with van der Waals surface area (Å²) in [6.07, 6.45) is -1.83. The number of anilines is 4. The minimum Gasteiger partial charge on any atom is -0.417 e. The normalized spacial score (nSPS) is 17.5. The Balaban J connectivity index is 1.19. The van der Waals surface area contributed by atoms with Crippen LogP contribution in [-0.2, 0) is 6.18 Å². The highest BCUT2D eigenvalue weighted by molar-refractivity contribution is 6.03. The number of hydrogen-bond acceptors (Lipinski definition) is 9. The Kier molecular flexibility index (Phi) is 8.36. The molecule has 228 valence electrons. The predicted octanol–water partition coefficient (Wildman–Crippen LogP) is 4.84. The molecule has 43 heavy (non-hydrogen) atoms. The number of oxazole rings is 1. The van der Waals surface area contributed by atoms with Crippen molar-refractivity contribution in [3.63, 3.8) is 0 Å². The number of halogens is 3. The second kappa shape index (κ2) is 12.1. The average molecular weight is 603 g/mol. The number of amides is 3. The van der Waals surface area contributed by atoms with Gasteiger partial charge in [-0.1, -0.05) is 19.1 Å². The standard InChI is InChI=1S/C27H29F3N8O5/c1-17-5-4-10-37(16-17)26-34-23(27(28,29)30)22(43-26)24(39)32-18-8-9-21(31-15-18)35-11-13-36(14-12-35)25(40)33-19-6-2-3-7-20(19)38(41)42/h2-3,6-9,15,17H,4-5,10-14,16H2,1H3,(H,32,39)(H,33,40). The number of carbonyl (C=O) groups excluding carboxylic acids is 2. The van der Waals surface area contributed by atoms with Gasteiger partial charge in [-0.15, -0.1) is 0 Å². The van der Waals surface area contributed by atoms with Crippen molar-refractivity contribution in [3.05, 3.63) is 64.2 Å². The van der Waals surface area contributed by atoms with Gasteiger partial charge in [0.1, 0.15) is 11.5 Å². The van der Waals surface area contributed by atoms with Gasteiger partial charge in [-0.2, -0.15) is 18.2 Å². The molecular formula is C27H29F3N8O5. The average Bonchev–Trinajstić information content (AvgIpc) is 3.45. The zero-order valence-corrected chi connectivity index (χ0v) is 23.1. The largest absolute Gasteiger partial charge is 0.437 e. The maximum absolute atomic E-state index is 13.7. The summed E-state index contributed by atoms with van der Waals surface area (Å²) in [6.45, 7) is 4.42. The number of rotatable bonds is 6. The van der Waals surface area contributed by atoms with Gasteiger partial charge < -0.3 is 29.8 Å². The minimum atomic E-state index is -4.88. The van der Waals surface area contributed by atoms with E-state index in [1.54, 1.807) is 17.0 Å². The van der Waals surface area contributed by atoms with Crippen LogP contribution in [-0.4, -0.2) is 71.0 Å². The number of nitrogens with one attached hydrogen (secondary N) is 2. The third-order valence-corrected chi connectivity index (χ3v) is 7.26. The Bertz CT molecular complexity index is 1490. The number of nitrogens with zero attached hydrogens (tertiary/aromatic N) is 6. The van der Waals surface area contributed by atoms with Crippen molar-refractivity contribution in [2.45, 2.75) is 25.9 Å². The lowest BCUT2D eigenvalue weighted by molar-refractivity contribution is -0.383. The first-order chi connectivity index (χ1) is 20.5. The molecule has 0 aliphatic carbocycles. The van der Waals surface area contributed by atoms with E-state index >= 15 is 0 Å². The van der Waals surface area contributed by atoms with E-state index in [1.807, 2.05) is 11.8 Å². The van der Waals surface area contributed by atoms with E-state index in [9.17, 15) is 32.9 Å². The van der Waals surface area contributed by atoms with Crippen LogP contribution in [0.15, 0.2) is 47.0 Å². The molecule has 3 amide bonds. The molecule has 1 atom stereocenters. The molecule has 3 aromatic rings. The Labute approximate surface area is 243 Å². The maximum atomic E-state index is 13.7. The van der Waals surface area contributed by atoms with Crippen LogP contribution < -0.4 is 20.4 Å². The zero-order valence-electron chi connectivity index (χ0n) is 23.1. The number of carbonyl (C=O) groups is 2. The van der Waals surface area contributed by atoms with E-state index in [2.05, 4.69) is 20.6 Å². The molecule has 2 aromatic heterocycles. The molecule has 1 aromatic carbocycles. The van der Waals surface area contributed by atoms with Crippen LogP contribution >= 0.6 is 0 Å². The Hall–Kier alpha value is -4.89. The van der Waals surface area contributed by atoms with Crippen LogP contribution in [0.25, 0.3) is 0 Å². The van der Waals surface area contributed by atoms with Gasteiger partial charge in [-0.05, 0) is 37.0 Å². The Morgan fingerprint density at radius 3 is 2.44 bits per heavy atom. The van der Waals surface area contributed by atoms with Crippen molar-refractivity contribution < 1.29 is 32.1 Å². The van der Waals surface area contributed by atoms with Gasteiger partial charge in [-0.25, -0.2) is 9.78 Å².